The lowest BCUT2D eigenvalue weighted by molar-refractivity contribution is -0.896. The third-order valence-electron chi connectivity index (χ3n) is 10.2. The fourth-order valence-electron chi connectivity index (χ4n) is 7.02. The molecule has 1 fully saturated rings. The first-order chi connectivity index (χ1) is 25.9. The minimum absolute atomic E-state index is 0.0523. The van der Waals surface area contributed by atoms with Crippen molar-refractivity contribution in [3.05, 3.63) is 124 Å². The number of rotatable bonds is 13. The summed E-state index contributed by atoms with van der Waals surface area (Å²) < 4.78 is 6.76. The molecule has 11 nitrogen and oxygen atoms in total. The SMILES string of the molecule is Cc1cc(NC(=O)CCCc2ccc(-c3ccccc3)c(NC(=O)OC3CC[N+](C)(C)CC3)c2)ccc1CNC[C@H](O)c1ccc(O)c2[nH]c(=O)ccc12. The number of aromatic nitrogens is 1. The largest absolute Gasteiger partial charge is 0.506 e. The fourth-order valence-corrected chi connectivity index (χ4v) is 7.02. The lowest BCUT2D eigenvalue weighted by Crippen LogP contribution is -2.48. The Hall–Kier alpha value is -5.49. The number of aliphatic hydroxyl groups excluding tert-OH is 1. The van der Waals surface area contributed by atoms with Crippen molar-refractivity contribution < 1.29 is 29.0 Å². The fraction of sp³-hybridized carbons (Fsp3) is 0.326. The topological polar surface area (TPSA) is 153 Å². The Kier molecular flexibility index (Phi) is 12.1. The van der Waals surface area contributed by atoms with Gasteiger partial charge in [0.25, 0.3) is 0 Å². The molecule has 54 heavy (non-hydrogen) atoms. The van der Waals surface area contributed by atoms with Crippen molar-refractivity contribution in [1.82, 2.24) is 10.3 Å². The number of H-pyrrole nitrogens is 1. The van der Waals surface area contributed by atoms with E-state index in [2.05, 4.69) is 35.0 Å². The molecule has 2 amide bonds. The highest BCUT2D eigenvalue weighted by Crippen LogP contribution is 2.31. The number of piperidine rings is 1. The van der Waals surface area contributed by atoms with Crippen LogP contribution in [0.2, 0.25) is 0 Å². The number of aliphatic hydroxyl groups is 1. The van der Waals surface area contributed by atoms with E-state index in [9.17, 15) is 24.6 Å². The van der Waals surface area contributed by atoms with Crippen LogP contribution in [0.15, 0.2) is 95.8 Å². The number of carbonyl (C=O) groups is 2. The zero-order valence-corrected chi connectivity index (χ0v) is 31.2. The molecule has 0 saturated carbocycles. The molecule has 0 radical (unpaired) electrons. The minimum atomic E-state index is -0.863. The molecule has 2 heterocycles. The van der Waals surface area contributed by atoms with Gasteiger partial charge in [-0.2, -0.15) is 0 Å². The van der Waals surface area contributed by atoms with Gasteiger partial charge in [-0.3, -0.25) is 14.9 Å². The first kappa shape index (κ1) is 38.2. The molecule has 282 valence electrons. The highest BCUT2D eigenvalue weighted by Gasteiger charge is 2.28. The van der Waals surface area contributed by atoms with Crippen LogP contribution in [0.1, 0.15) is 54.0 Å². The quantitative estimate of drug-likeness (QED) is 0.0730. The Morgan fingerprint density at radius 2 is 1.72 bits per heavy atom. The molecule has 1 aliphatic rings. The summed E-state index contributed by atoms with van der Waals surface area (Å²) in [7, 11) is 4.39. The highest BCUT2D eigenvalue weighted by atomic mass is 16.6. The van der Waals surface area contributed by atoms with Gasteiger partial charge in [-0.25, -0.2) is 4.79 Å². The summed E-state index contributed by atoms with van der Waals surface area (Å²) >= 11 is 0. The van der Waals surface area contributed by atoms with Crippen molar-refractivity contribution in [2.75, 3.05) is 44.4 Å². The second-order valence-corrected chi connectivity index (χ2v) is 14.8. The van der Waals surface area contributed by atoms with Gasteiger partial charge >= 0.3 is 6.09 Å². The smallest absolute Gasteiger partial charge is 0.411 e. The second kappa shape index (κ2) is 17.1. The van der Waals surface area contributed by atoms with Gasteiger partial charge in [0.05, 0.1) is 44.5 Å². The van der Waals surface area contributed by atoms with E-state index < -0.39 is 12.2 Å². The number of carbonyl (C=O) groups excluding carboxylic acids is 2. The standard InChI is InChI=1S/C43H49N5O6/c1-28-24-32(14-13-31(28)26-44-27-39(50)35-16-18-38(49)42-36(35)17-19-41(52)47-42)45-40(51)11-7-8-29-12-15-34(30-9-5-4-6-10-30)37(25-29)46-43(53)54-33-20-22-48(2,3)23-21-33/h4-6,9-10,12-19,24-25,33,39,44,50H,7-8,11,20-23,26-27H2,1-3H3,(H3-,45,46,47,49,51,52,53)/p+1/t39-/m0/s1. The number of anilines is 2. The van der Waals surface area contributed by atoms with Crippen molar-refractivity contribution in [3.63, 3.8) is 0 Å². The van der Waals surface area contributed by atoms with Crippen molar-refractivity contribution in [3.8, 4) is 16.9 Å². The number of pyridine rings is 1. The monoisotopic (exact) mass is 732 g/mol. The highest BCUT2D eigenvalue weighted by molar-refractivity contribution is 5.92. The average molecular weight is 733 g/mol. The first-order valence-electron chi connectivity index (χ1n) is 18.6. The van der Waals surface area contributed by atoms with Gasteiger partial charge in [-0.1, -0.05) is 54.6 Å². The molecule has 0 aliphatic carbocycles. The molecule has 0 bridgehead atoms. The van der Waals surface area contributed by atoms with E-state index >= 15 is 0 Å². The second-order valence-electron chi connectivity index (χ2n) is 14.8. The number of hydrogen-bond donors (Lipinski definition) is 6. The lowest BCUT2D eigenvalue weighted by atomic mass is 9.99. The lowest BCUT2D eigenvalue weighted by Gasteiger charge is -2.36. The summed E-state index contributed by atoms with van der Waals surface area (Å²) in [6, 6.07) is 27.8. The number of quaternary nitrogens is 1. The summed E-state index contributed by atoms with van der Waals surface area (Å²) in [5, 5.41) is 30.9. The van der Waals surface area contributed by atoms with Gasteiger partial charge in [-0.15, -0.1) is 0 Å². The molecule has 0 unspecified atom stereocenters. The number of amides is 2. The van der Waals surface area contributed by atoms with Crippen molar-refractivity contribution in [1.29, 1.82) is 0 Å². The number of hydrogen-bond acceptors (Lipinski definition) is 7. The number of fused-ring (bicyclic) bond motifs is 1. The third kappa shape index (κ3) is 9.93. The number of aromatic hydroxyl groups is 1. The van der Waals surface area contributed by atoms with E-state index in [0.29, 0.717) is 53.6 Å². The van der Waals surface area contributed by atoms with Crippen LogP contribution in [0, 0.1) is 6.92 Å². The van der Waals surface area contributed by atoms with Crippen LogP contribution in [0.3, 0.4) is 0 Å². The van der Waals surface area contributed by atoms with Gasteiger partial charge in [0.15, 0.2) is 0 Å². The summed E-state index contributed by atoms with van der Waals surface area (Å²) in [4.78, 5) is 40.3. The van der Waals surface area contributed by atoms with E-state index in [1.165, 1.54) is 12.1 Å². The minimum Gasteiger partial charge on any atom is -0.506 e. The van der Waals surface area contributed by atoms with Crippen LogP contribution in [0.25, 0.3) is 22.0 Å². The van der Waals surface area contributed by atoms with Gasteiger partial charge in [0, 0.05) is 55.1 Å². The molecule has 6 N–H and O–H groups in total. The number of aryl methyl sites for hydroxylation is 2. The maximum atomic E-state index is 13.0. The Labute approximate surface area is 315 Å². The Bertz CT molecular complexity index is 2160. The normalized spacial score (nSPS) is 14.7. The van der Waals surface area contributed by atoms with Crippen LogP contribution in [0.5, 0.6) is 5.75 Å². The zero-order chi connectivity index (χ0) is 38.2. The number of phenolic OH excluding ortho intramolecular Hbond substituents is 1. The number of nitrogens with one attached hydrogen (secondary N) is 4. The predicted molar refractivity (Wildman–Crippen MR) is 212 cm³/mol. The zero-order valence-electron chi connectivity index (χ0n) is 31.2. The summed E-state index contributed by atoms with van der Waals surface area (Å²) in [6.45, 7) is 4.67. The van der Waals surface area contributed by atoms with Crippen molar-refractivity contribution in [2.24, 2.45) is 0 Å². The number of ether oxygens (including phenoxy) is 1. The van der Waals surface area contributed by atoms with Gasteiger partial charge < -0.3 is 35.1 Å². The molecule has 1 aromatic heterocycles. The average Bonchev–Trinajstić information content (AvgIpc) is 3.14. The van der Waals surface area contributed by atoms with Crippen LogP contribution >= 0.6 is 0 Å². The molecule has 0 spiro atoms. The van der Waals surface area contributed by atoms with E-state index in [4.69, 9.17) is 4.74 Å². The van der Waals surface area contributed by atoms with Gasteiger partial charge in [-0.05, 0) is 77.9 Å². The van der Waals surface area contributed by atoms with Crippen LogP contribution < -0.4 is 21.5 Å². The number of nitrogens with zero attached hydrogens (tertiary/aromatic N) is 1. The molecule has 1 atom stereocenters. The van der Waals surface area contributed by atoms with Crippen LogP contribution in [-0.2, 0) is 22.5 Å². The maximum Gasteiger partial charge on any atom is 0.411 e. The number of likely N-dealkylation sites (tertiary alicyclic amines) is 1. The molecular formula is C43H50N5O6+. The summed E-state index contributed by atoms with van der Waals surface area (Å²) in [6.07, 6.45) is 1.91. The maximum absolute atomic E-state index is 13.0. The molecule has 6 rings (SSSR count). The number of benzene rings is 4. The molecule has 5 aromatic rings. The van der Waals surface area contributed by atoms with E-state index in [1.807, 2.05) is 73.7 Å². The third-order valence-corrected chi connectivity index (χ3v) is 10.2. The molecular weight excluding hydrogens is 683 g/mol. The first-order valence-corrected chi connectivity index (χ1v) is 18.6. The van der Waals surface area contributed by atoms with Crippen molar-refractivity contribution in [2.45, 2.75) is 57.8 Å². The Balaban J connectivity index is 0.995. The van der Waals surface area contributed by atoms with E-state index in [1.54, 1.807) is 12.1 Å². The number of aromatic amines is 1. The van der Waals surface area contributed by atoms with Crippen molar-refractivity contribution >= 4 is 34.3 Å². The Morgan fingerprint density at radius 1 is 0.944 bits per heavy atom. The summed E-state index contributed by atoms with van der Waals surface area (Å²) in [5.74, 6) is -0.133. The van der Waals surface area contributed by atoms with Crippen LogP contribution in [-0.4, -0.2) is 71.5 Å². The van der Waals surface area contributed by atoms with Gasteiger partial charge in [0.1, 0.15) is 11.9 Å². The summed E-state index contributed by atoms with van der Waals surface area (Å²) in [5.41, 5.74) is 6.89. The van der Waals surface area contributed by atoms with Crippen LogP contribution in [0.4, 0.5) is 16.2 Å². The predicted octanol–water partition coefficient (Wildman–Crippen LogP) is 6.78. The molecule has 1 aliphatic heterocycles. The van der Waals surface area contributed by atoms with E-state index in [-0.39, 0.29) is 29.9 Å². The molecule has 1 saturated heterocycles. The van der Waals surface area contributed by atoms with Gasteiger partial charge in [0.2, 0.25) is 11.5 Å². The number of phenols is 1. The Morgan fingerprint density at radius 3 is 2.48 bits per heavy atom. The van der Waals surface area contributed by atoms with E-state index in [0.717, 1.165) is 58.2 Å². The molecule has 4 aromatic carbocycles. The molecule has 11 heteroatoms.